The largest absolute Gasteiger partial charge is 0.490 e. The van der Waals surface area contributed by atoms with E-state index in [1.807, 2.05) is 18.2 Å². The lowest BCUT2D eigenvalue weighted by molar-refractivity contribution is -0.149. The molecule has 2 rings (SSSR count). The van der Waals surface area contributed by atoms with E-state index in [0.29, 0.717) is 38.2 Å². The number of carbonyl (C=O) groups is 5. The van der Waals surface area contributed by atoms with Crippen molar-refractivity contribution in [2.45, 2.75) is 82.6 Å². The number of hydrogen-bond acceptors (Lipinski definition) is 9. The molecule has 0 bridgehead atoms. The van der Waals surface area contributed by atoms with E-state index in [4.69, 9.17) is 26.7 Å². The standard InChI is InChI=1S/C38H54N8O7/c1-4-12-32(37(51)53-25-28-13-7-6-8-14-28)46-35(49)31(16-11-22-42-38(40)41)44-34(48)30(15-9-10-21-39)45-36(50)33(43-26(3)47)24-27-17-19-29(20-18-27)52-23-5-2/h4-8,13-14,17-20,30-33H,1-2,9-12,15-16,21-25,39H2,3H3,(H,43,47)(H,44,48)(H,45,50)(H,46,49)(H4,40,41,42)/t30-,31+,32-,33-/m0/s1. The van der Waals surface area contributed by atoms with Crippen molar-refractivity contribution in [2.24, 2.45) is 22.2 Å². The molecular weight excluding hydrogens is 680 g/mol. The second kappa shape index (κ2) is 24.5. The predicted molar refractivity (Wildman–Crippen MR) is 203 cm³/mol. The van der Waals surface area contributed by atoms with Gasteiger partial charge in [-0.05, 0) is 68.3 Å². The molecule has 2 aromatic carbocycles. The van der Waals surface area contributed by atoms with E-state index in [1.54, 1.807) is 42.5 Å². The number of unbranched alkanes of at least 4 members (excludes halogenated alkanes) is 1. The molecule has 0 aliphatic heterocycles. The Morgan fingerprint density at radius 1 is 0.755 bits per heavy atom. The van der Waals surface area contributed by atoms with Crippen LogP contribution in [0.25, 0.3) is 0 Å². The van der Waals surface area contributed by atoms with Crippen molar-refractivity contribution in [1.29, 1.82) is 0 Å². The molecule has 0 saturated carbocycles. The number of esters is 1. The lowest BCUT2D eigenvalue weighted by Crippen LogP contribution is -2.58. The van der Waals surface area contributed by atoms with Crippen LogP contribution in [-0.2, 0) is 41.7 Å². The average molecular weight is 735 g/mol. The average Bonchev–Trinajstić information content (AvgIpc) is 3.13. The Bertz CT molecular complexity index is 1510. The Kier molecular flexibility index (Phi) is 20.1. The van der Waals surface area contributed by atoms with Gasteiger partial charge in [0.2, 0.25) is 23.6 Å². The fraction of sp³-hybridized carbons (Fsp3) is 0.421. The molecule has 2 aromatic rings. The lowest BCUT2D eigenvalue weighted by atomic mass is 10.0. The molecule has 0 aliphatic rings. The van der Waals surface area contributed by atoms with Crippen LogP contribution in [0.4, 0.5) is 0 Å². The third kappa shape index (κ3) is 17.4. The van der Waals surface area contributed by atoms with E-state index in [9.17, 15) is 24.0 Å². The first-order chi connectivity index (χ1) is 25.5. The minimum Gasteiger partial charge on any atom is -0.490 e. The number of guanidine groups is 1. The summed E-state index contributed by atoms with van der Waals surface area (Å²) in [5.74, 6) is -2.53. The Labute approximate surface area is 311 Å². The summed E-state index contributed by atoms with van der Waals surface area (Å²) in [5.41, 5.74) is 18.1. The zero-order chi connectivity index (χ0) is 39.0. The molecule has 0 radical (unpaired) electrons. The van der Waals surface area contributed by atoms with Gasteiger partial charge in [-0.2, -0.15) is 0 Å². The van der Waals surface area contributed by atoms with Crippen molar-refractivity contribution in [3.05, 3.63) is 91.0 Å². The molecule has 0 saturated heterocycles. The van der Waals surface area contributed by atoms with Gasteiger partial charge in [0.05, 0.1) is 0 Å². The molecule has 53 heavy (non-hydrogen) atoms. The quantitative estimate of drug-likeness (QED) is 0.0253. The maximum absolute atomic E-state index is 13.8. The van der Waals surface area contributed by atoms with Gasteiger partial charge in [0, 0.05) is 19.9 Å². The van der Waals surface area contributed by atoms with Crippen LogP contribution < -0.4 is 43.2 Å². The van der Waals surface area contributed by atoms with Crippen LogP contribution in [0, 0.1) is 0 Å². The minimum absolute atomic E-state index is 0.000974. The molecule has 0 aromatic heterocycles. The van der Waals surface area contributed by atoms with Crippen LogP contribution in [0.5, 0.6) is 5.75 Å². The number of hydrogen-bond donors (Lipinski definition) is 7. The van der Waals surface area contributed by atoms with Crippen molar-refractivity contribution in [3.63, 3.8) is 0 Å². The summed E-state index contributed by atoms with van der Waals surface area (Å²) >= 11 is 0. The fourth-order valence-electron chi connectivity index (χ4n) is 5.13. The highest BCUT2D eigenvalue weighted by molar-refractivity contribution is 5.95. The molecule has 4 amide bonds. The molecular formula is C38H54N8O7. The Morgan fingerprint density at radius 2 is 1.36 bits per heavy atom. The molecule has 0 heterocycles. The van der Waals surface area contributed by atoms with E-state index in [1.165, 1.54) is 13.0 Å². The maximum Gasteiger partial charge on any atom is 0.329 e. The van der Waals surface area contributed by atoms with E-state index in [-0.39, 0.29) is 44.8 Å². The van der Waals surface area contributed by atoms with E-state index < -0.39 is 53.8 Å². The summed E-state index contributed by atoms with van der Waals surface area (Å²) in [6, 6.07) is 11.8. The number of benzene rings is 2. The van der Waals surface area contributed by atoms with Gasteiger partial charge in [-0.15, -0.1) is 6.58 Å². The first-order valence-electron chi connectivity index (χ1n) is 17.5. The Balaban J connectivity index is 2.26. The van der Waals surface area contributed by atoms with Gasteiger partial charge in [-0.3, -0.25) is 24.2 Å². The van der Waals surface area contributed by atoms with Gasteiger partial charge in [0.25, 0.3) is 0 Å². The van der Waals surface area contributed by atoms with Crippen LogP contribution in [0.3, 0.4) is 0 Å². The molecule has 0 spiro atoms. The van der Waals surface area contributed by atoms with Gasteiger partial charge in [-0.1, -0.05) is 61.2 Å². The molecule has 10 N–H and O–H groups in total. The molecule has 4 atom stereocenters. The summed E-state index contributed by atoms with van der Waals surface area (Å²) in [5, 5.41) is 10.8. The second-order valence-corrected chi connectivity index (χ2v) is 12.2. The fourth-order valence-corrected chi connectivity index (χ4v) is 5.13. The lowest BCUT2D eigenvalue weighted by Gasteiger charge is -2.26. The maximum atomic E-state index is 13.8. The van der Waals surface area contributed by atoms with E-state index in [2.05, 4.69) is 39.4 Å². The number of nitrogens with two attached hydrogens (primary N) is 3. The van der Waals surface area contributed by atoms with Crippen molar-refractivity contribution in [3.8, 4) is 5.75 Å². The first-order valence-corrected chi connectivity index (χ1v) is 17.5. The monoisotopic (exact) mass is 734 g/mol. The van der Waals surface area contributed by atoms with Crippen LogP contribution >= 0.6 is 0 Å². The number of nitrogens with zero attached hydrogens (tertiary/aromatic N) is 1. The zero-order valence-corrected chi connectivity index (χ0v) is 30.4. The van der Waals surface area contributed by atoms with Crippen molar-refractivity contribution in [1.82, 2.24) is 21.3 Å². The van der Waals surface area contributed by atoms with Crippen LogP contribution in [0.1, 0.15) is 56.6 Å². The number of rotatable bonds is 25. The van der Waals surface area contributed by atoms with Gasteiger partial charge in [0.15, 0.2) is 5.96 Å². The number of amides is 4. The normalized spacial score (nSPS) is 12.8. The summed E-state index contributed by atoms with van der Waals surface area (Å²) < 4.78 is 11.0. The number of carbonyl (C=O) groups excluding carboxylic acids is 5. The summed E-state index contributed by atoms with van der Waals surface area (Å²) in [6.07, 6.45) is 4.95. The van der Waals surface area contributed by atoms with Gasteiger partial charge < -0.3 is 47.9 Å². The number of ether oxygens (including phenoxy) is 2. The highest BCUT2D eigenvalue weighted by Crippen LogP contribution is 2.14. The summed E-state index contributed by atoms with van der Waals surface area (Å²) in [7, 11) is 0. The van der Waals surface area contributed by atoms with Crippen molar-refractivity contribution >= 4 is 35.6 Å². The predicted octanol–water partition coefficient (Wildman–Crippen LogP) is 1.26. The minimum atomic E-state index is -1.15. The van der Waals surface area contributed by atoms with Crippen molar-refractivity contribution < 1.29 is 33.4 Å². The molecule has 15 nitrogen and oxygen atoms in total. The van der Waals surface area contributed by atoms with Crippen LogP contribution in [-0.4, -0.2) is 79.4 Å². The first kappa shape index (κ1) is 43.5. The highest BCUT2D eigenvalue weighted by Gasteiger charge is 2.31. The van der Waals surface area contributed by atoms with Gasteiger partial charge in [-0.25, -0.2) is 4.79 Å². The van der Waals surface area contributed by atoms with Crippen molar-refractivity contribution in [2.75, 3.05) is 19.7 Å². The molecule has 288 valence electrons. The van der Waals surface area contributed by atoms with Gasteiger partial charge in [0.1, 0.15) is 43.1 Å². The third-order valence-electron chi connectivity index (χ3n) is 7.81. The Hall–Kier alpha value is -5.70. The van der Waals surface area contributed by atoms with Crippen LogP contribution in [0.2, 0.25) is 0 Å². The summed E-state index contributed by atoms with van der Waals surface area (Å²) in [4.78, 5) is 70.2. The second-order valence-electron chi connectivity index (χ2n) is 12.2. The molecule has 0 fully saturated rings. The highest BCUT2D eigenvalue weighted by atomic mass is 16.5. The SMILES string of the molecule is C=CCOc1ccc(C[C@H](NC(C)=O)C(=O)N[C@@H](CCCCN)C(=O)N[C@H](CCCN=C(N)N)C(=O)N[C@@H](CC=C)C(=O)OCc2ccccc2)cc1. The van der Waals surface area contributed by atoms with Crippen LogP contribution in [0.15, 0.2) is 84.9 Å². The van der Waals surface area contributed by atoms with E-state index in [0.717, 1.165) is 11.1 Å². The molecule has 0 aliphatic carbocycles. The summed E-state index contributed by atoms with van der Waals surface area (Å²) in [6.45, 7) is 9.48. The topological polar surface area (TPSA) is 242 Å². The molecule has 0 unspecified atom stereocenters. The Morgan fingerprint density at radius 3 is 1.92 bits per heavy atom. The smallest absolute Gasteiger partial charge is 0.329 e. The molecule has 15 heteroatoms. The number of nitrogens with one attached hydrogen (secondary N) is 4. The third-order valence-corrected chi connectivity index (χ3v) is 7.81. The van der Waals surface area contributed by atoms with Gasteiger partial charge >= 0.3 is 5.97 Å². The van der Waals surface area contributed by atoms with E-state index >= 15 is 0 Å². The number of aliphatic imine (C=N–C) groups is 1. The zero-order valence-electron chi connectivity index (χ0n) is 30.4.